The Morgan fingerprint density at radius 3 is 2.67 bits per heavy atom. The van der Waals surface area contributed by atoms with Crippen molar-refractivity contribution in [2.24, 2.45) is 0 Å². The second-order valence-electron chi connectivity index (χ2n) is 3.56. The minimum Gasteiger partial charge on any atom is -0.445 e. The van der Waals surface area contributed by atoms with Gasteiger partial charge in [0, 0.05) is 5.92 Å². The fourth-order valence-corrected chi connectivity index (χ4v) is 1.86. The first-order chi connectivity index (χ1) is 5.86. The molecule has 0 amide bonds. The van der Waals surface area contributed by atoms with Gasteiger partial charge in [-0.15, -0.1) is 0 Å². The molecule has 1 radical (unpaired) electrons. The average molecular weight is 164 g/mol. The van der Waals surface area contributed by atoms with E-state index in [2.05, 4.69) is 11.2 Å². The lowest BCUT2D eigenvalue weighted by Gasteiger charge is -2.17. The quantitative estimate of drug-likeness (QED) is 0.638. The standard InChI is InChI=1S/C10H14NO/c1-8-7-11-10(12-8)9-5-3-2-4-6-9/h9H,2-6H2,1H3. The lowest BCUT2D eigenvalue weighted by molar-refractivity contribution is 0.356. The molecule has 1 saturated carbocycles. The number of oxazole rings is 1. The molecule has 1 heterocycles. The topological polar surface area (TPSA) is 26.0 Å². The van der Waals surface area contributed by atoms with Crippen molar-refractivity contribution in [2.45, 2.75) is 44.9 Å². The van der Waals surface area contributed by atoms with Gasteiger partial charge in [0.05, 0.1) is 0 Å². The molecule has 0 spiro atoms. The monoisotopic (exact) mass is 164 g/mol. The van der Waals surface area contributed by atoms with E-state index in [9.17, 15) is 0 Å². The van der Waals surface area contributed by atoms with Crippen LogP contribution >= 0.6 is 0 Å². The van der Waals surface area contributed by atoms with Crippen molar-refractivity contribution in [3.8, 4) is 0 Å². The van der Waals surface area contributed by atoms with Crippen LogP contribution in [0.1, 0.15) is 49.7 Å². The summed E-state index contributed by atoms with van der Waals surface area (Å²) in [6.07, 6.45) is 9.36. The second kappa shape index (κ2) is 3.30. The van der Waals surface area contributed by atoms with Gasteiger partial charge in [-0.05, 0) is 19.8 Å². The maximum absolute atomic E-state index is 5.46. The van der Waals surface area contributed by atoms with Gasteiger partial charge in [-0.3, -0.25) is 0 Å². The number of nitrogens with zero attached hydrogens (tertiary/aromatic N) is 1. The zero-order valence-electron chi connectivity index (χ0n) is 7.47. The van der Waals surface area contributed by atoms with Crippen LogP contribution in [-0.2, 0) is 0 Å². The Hall–Kier alpha value is -0.790. The average Bonchev–Trinajstić information content (AvgIpc) is 2.54. The van der Waals surface area contributed by atoms with Gasteiger partial charge >= 0.3 is 0 Å². The van der Waals surface area contributed by atoms with E-state index in [0.29, 0.717) is 5.92 Å². The van der Waals surface area contributed by atoms with Crippen LogP contribution in [0.2, 0.25) is 0 Å². The predicted molar refractivity (Wildman–Crippen MR) is 45.9 cm³/mol. The molecule has 2 nitrogen and oxygen atoms in total. The summed E-state index contributed by atoms with van der Waals surface area (Å²) in [4.78, 5) is 4.15. The summed E-state index contributed by atoms with van der Waals surface area (Å²) in [5, 5.41) is 0. The first-order valence-electron chi connectivity index (χ1n) is 4.71. The van der Waals surface area contributed by atoms with Crippen LogP contribution in [0.3, 0.4) is 0 Å². The van der Waals surface area contributed by atoms with Gasteiger partial charge in [-0.2, -0.15) is 0 Å². The molecular weight excluding hydrogens is 150 g/mol. The molecule has 1 aliphatic rings. The fraction of sp³-hybridized carbons (Fsp3) is 0.700. The summed E-state index contributed by atoms with van der Waals surface area (Å²) >= 11 is 0. The van der Waals surface area contributed by atoms with Crippen LogP contribution in [-0.4, -0.2) is 4.98 Å². The van der Waals surface area contributed by atoms with E-state index in [4.69, 9.17) is 4.42 Å². The van der Waals surface area contributed by atoms with Gasteiger partial charge in [0.1, 0.15) is 12.0 Å². The number of hydrogen-bond acceptors (Lipinski definition) is 2. The van der Waals surface area contributed by atoms with E-state index in [1.165, 1.54) is 32.1 Å². The molecule has 12 heavy (non-hydrogen) atoms. The molecule has 0 saturated heterocycles. The molecule has 2 rings (SSSR count). The third-order valence-corrected chi connectivity index (χ3v) is 2.54. The molecule has 0 aromatic carbocycles. The van der Waals surface area contributed by atoms with Crippen LogP contribution < -0.4 is 0 Å². The molecule has 65 valence electrons. The highest BCUT2D eigenvalue weighted by molar-refractivity contribution is 4.96. The number of hydrogen-bond donors (Lipinski definition) is 0. The lowest BCUT2D eigenvalue weighted by Crippen LogP contribution is -2.04. The highest BCUT2D eigenvalue weighted by atomic mass is 16.4. The molecule has 1 aromatic heterocycles. The van der Waals surface area contributed by atoms with E-state index >= 15 is 0 Å². The third kappa shape index (κ3) is 1.52. The minimum atomic E-state index is 0.573. The number of rotatable bonds is 1. The largest absolute Gasteiger partial charge is 0.445 e. The van der Waals surface area contributed by atoms with Crippen molar-refractivity contribution in [2.75, 3.05) is 0 Å². The molecule has 0 N–H and O–H groups in total. The number of aromatic nitrogens is 1. The predicted octanol–water partition coefficient (Wildman–Crippen LogP) is 2.83. The van der Waals surface area contributed by atoms with Gasteiger partial charge in [-0.1, -0.05) is 19.3 Å². The zero-order chi connectivity index (χ0) is 8.39. The van der Waals surface area contributed by atoms with Gasteiger partial charge in [0.15, 0.2) is 5.89 Å². The van der Waals surface area contributed by atoms with Gasteiger partial charge in [-0.25, -0.2) is 4.98 Å². The van der Waals surface area contributed by atoms with Crippen LogP contribution in [0.25, 0.3) is 0 Å². The highest BCUT2D eigenvalue weighted by Gasteiger charge is 2.19. The molecule has 0 atom stereocenters. The van der Waals surface area contributed by atoms with Crippen molar-refractivity contribution in [1.82, 2.24) is 4.98 Å². The Labute approximate surface area is 73.0 Å². The summed E-state index contributed by atoms with van der Waals surface area (Å²) in [5.41, 5.74) is 0. The molecule has 0 unspecified atom stereocenters. The molecule has 2 heteroatoms. The molecule has 0 aliphatic heterocycles. The van der Waals surface area contributed by atoms with Crippen molar-refractivity contribution in [1.29, 1.82) is 0 Å². The lowest BCUT2D eigenvalue weighted by atomic mass is 9.89. The molecule has 1 aromatic rings. The van der Waals surface area contributed by atoms with Crippen LogP contribution in [0, 0.1) is 13.1 Å². The minimum absolute atomic E-state index is 0.573. The first-order valence-corrected chi connectivity index (χ1v) is 4.71. The summed E-state index contributed by atoms with van der Waals surface area (Å²) in [6.45, 7) is 1.90. The maximum atomic E-state index is 5.46. The summed E-state index contributed by atoms with van der Waals surface area (Å²) in [7, 11) is 0. The van der Waals surface area contributed by atoms with Gasteiger partial charge in [0.25, 0.3) is 0 Å². The zero-order valence-corrected chi connectivity index (χ0v) is 7.47. The van der Waals surface area contributed by atoms with Gasteiger partial charge in [0.2, 0.25) is 0 Å². The maximum Gasteiger partial charge on any atom is 0.198 e. The van der Waals surface area contributed by atoms with Crippen molar-refractivity contribution in [3.05, 3.63) is 17.8 Å². The normalized spacial score (nSPS) is 19.8. The Morgan fingerprint density at radius 1 is 1.33 bits per heavy atom. The summed E-state index contributed by atoms with van der Waals surface area (Å²) in [6, 6.07) is 0. The van der Waals surface area contributed by atoms with Crippen molar-refractivity contribution in [3.63, 3.8) is 0 Å². The van der Waals surface area contributed by atoms with Gasteiger partial charge < -0.3 is 4.42 Å². The highest BCUT2D eigenvalue weighted by Crippen LogP contribution is 2.31. The van der Waals surface area contributed by atoms with E-state index in [1.54, 1.807) is 0 Å². The van der Waals surface area contributed by atoms with E-state index in [1.807, 2.05) is 6.92 Å². The third-order valence-electron chi connectivity index (χ3n) is 2.54. The Bertz CT molecular complexity index is 248. The van der Waals surface area contributed by atoms with Crippen LogP contribution in [0.4, 0.5) is 0 Å². The first kappa shape index (κ1) is 7.84. The molecule has 0 bridgehead atoms. The number of aryl methyl sites for hydroxylation is 1. The van der Waals surface area contributed by atoms with Crippen LogP contribution in [0.5, 0.6) is 0 Å². The van der Waals surface area contributed by atoms with Crippen LogP contribution in [0.15, 0.2) is 4.42 Å². The fourth-order valence-electron chi connectivity index (χ4n) is 1.86. The SMILES string of the molecule is Cc1[c]nc(C2CCCCC2)o1. The van der Waals surface area contributed by atoms with Crippen molar-refractivity contribution < 1.29 is 4.42 Å². The molecule has 1 fully saturated rings. The van der Waals surface area contributed by atoms with E-state index < -0.39 is 0 Å². The summed E-state index contributed by atoms with van der Waals surface area (Å²) in [5.74, 6) is 2.30. The summed E-state index contributed by atoms with van der Waals surface area (Å²) < 4.78 is 5.46. The van der Waals surface area contributed by atoms with E-state index in [-0.39, 0.29) is 0 Å². The Morgan fingerprint density at radius 2 is 2.08 bits per heavy atom. The molecular formula is C10H14NO. The Balaban J connectivity index is 2.08. The second-order valence-corrected chi connectivity index (χ2v) is 3.56. The van der Waals surface area contributed by atoms with Crippen molar-refractivity contribution >= 4 is 0 Å². The molecule has 1 aliphatic carbocycles. The Kier molecular flexibility index (Phi) is 2.15. The van der Waals surface area contributed by atoms with E-state index in [0.717, 1.165) is 11.7 Å². The smallest absolute Gasteiger partial charge is 0.198 e.